The van der Waals surface area contributed by atoms with Gasteiger partial charge in [0, 0.05) is 12.6 Å². The van der Waals surface area contributed by atoms with Crippen LogP contribution in [-0.2, 0) is 21.5 Å². The number of amides is 2. The summed E-state index contributed by atoms with van der Waals surface area (Å²) in [5.41, 5.74) is 3.08. The molecule has 5 heteroatoms. The molecule has 0 aliphatic heterocycles. The molecule has 3 rings (SSSR count). The van der Waals surface area contributed by atoms with Gasteiger partial charge in [-0.05, 0) is 54.9 Å². The molecule has 2 aromatic carbocycles. The summed E-state index contributed by atoms with van der Waals surface area (Å²) < 4.78 is 6.03. The second kappa shape index (κ2) is 11.5. The summed E-state index contributed by atoms with van der Waals surface area (Å²) in [6.45, 7) is 10.5. The van der Waals surface area contributed by atoms with E-state index >= 15 is 0 Å². The molecule has 1 aliphatic carbocycles. The van der Waals surface area contributed by atoms with Gasteiger partial charge in [0.2, 0.25) is 5.91 Å². The first-order chi connectivity index (χ1) is 16.2. The first kappa shape index (κ1) is 25.8. The zero-order valence-electron chi connectivity index (χ0n) is 21.4. The van der Waals surface area contributed by atoms with Crippen molar-refractivity contribution in [2.75, 3.05) is 6.61 Å². The van der Waals surface area contributed by atoms with Crippen molar-refractivity contribution in [1.29, 1.82) is 0 Å². The lowest BCUT2D eigenvalue weighted by atomic mass is 9.86. The van der Waals surface area contributed by atoms with Gasteiger partial charge in [0.1, 0.15) is 11.8 Å². The summed E-state index contributed by atoms with van der Waals surface area (Å²) in [5.74, 6) is 0.417. The Kier molecular flexibility index (Phi) is 8.76. The standard InChI is InChI=1S/C29H40N2O3/c1-21-13-9-10-14-23(21)19-31(22(2)28(33)30-24-15-7-6-8-16-24)27(32)20-34-26-18-12-11-17-25(26)29(3,4)5/h9-14,17-18,22,24H,6-8,15-16,19-20H2,1-5H3,(H,30,33). The Hall–Kier alpha value is -2.82. The van der Waals surface area contributed by atoms with E-state index in [-0.39, 0.29) is 29.9 Å². The van der Waals surface area contributed by atoms with E-state index in [9.17, 15) is 9.59 Å². The molecule has 2 amide bonds. The van der Waals surface area contributed by atoms with Crippen LogP contribution in [0.15, 0.2) is 48.5 Å². The number of para-hydroxylation sites is 1. The van der Waals surface area contributed by atoms with Crippen LogP contribution in [0.3, 0.4) is 0 Å². The summed E-state index contributed by atoms with van der Waals surface area (Å²) in [4.78, 5) is 28.3. The molecule has 5 nitrogen and oxygen atoms in total. The van der Waals surface area contributed by atoms with Gasteiger partial charge in [-0.3, -0.25) is 9.59 Å². The molecule has 1 aliphatic rings. The maximum absolute atomic E-state index is 13.5. The van der Waals surface area contributed by atoms with Crippen molar-refractivity contribution < 1.29 is 14.3 Å². The Labute approximate surface area is 204 Å². The van der Waals surface area contributed by atoms with Crippen molar-refractivity contribution in [3.05, 3.63) is 65.2 Å². The van der Waals surface area contributed by atoms with Crippen LogP contribution < -0.4 is 10.1 Å². The van der Waals surface area contributed by atoms with E-state index in [1.54, 1.807) is 4.90 Å². The highest BCUT2D eigenvalue weighted by molar-refractivity contribution is 5.88. The summed E-state index contributed by atoms with van der Waals surface area (Å²) in [7, 11) is 0. The van der Waals surface area contributed by atoms with E-state index in [4.69, 9.17) is 4.74 Å². The quantitative estimate of drug-likeness (QED) is 0.558. The van der Waals surface area contributed by atoms with Crippen LogP contribution in [0.5, 0.6) is 5.75 Å². The number of benzene rings is 2. The lowest BCUT2D eigenvalue weighted by molar-refractivity contribution is -0.142. The topological polar surface area (TPSA) is 58.6 Å². The molecule has 1 fully saturated rings. The molecular formula is C29H40N2O3. The van der Waals surface area contributed by atoms with Crippen molar-refractivity contribution in [1.82, 2.24) is 10.2 Å². The van der Waals surface area contributed by atoms with Gasteiger partial charge in [0.25, 0.3) is 5.91 Å². The smallest absolute Gasteiger partial charge is 0.261 e. The predicted molar refractivity (Wildman–Crippen MR) is 137 cm³/mol. The first-order valence-corrected chi connectivity index (χ1v) is 12.5. The molecule has 0 aromatic heterocycles. The van der Waals surface area contributed by atoms with Crippen molar-refractivity contribution in [2.45, 2.75) is 90.8 Å². The fourth-order valence-electron chi connectivity index (χ4n) is 4.56. The number of hydrogen-bond acceptors (Lipinski definition) is 3. The Morgan fingerprint density at radius 3 is 2.35 bits per heavy atom. The Bertz CT molecular complexity index is 973. The maximum atomic E-state index is 13.5. The van der Waals surface area contributed by atoms with Gasteiger partial charge in [0.15, 0.2) is 6.61 Å². The lowest BCUT2D eigenvalue weighted by Crippen LogP contribution is -2.51. The minimum Gasteiger partial charge on any atom is -0.483 e. The van der Waals surface area contributed by atoms with Crippen molar-refractivity contribution >= 4 is 11.8 Å². The van der Waals surface area contributed by atoms with E-state index in [0.29, 0.717) is 12.3 Å². The fourth-order valence-corrected chi connectivity index (χ4v) is 4.56. The molecule has 1 atom stereocenters. The van der Waals surface area contributed by atoms with Crippen molar-refractivity contribution in [3.8, 4) is 5.75 Å². The van der Waals surface area contributed by atoms with E-state index in [1.807, 2.05) is 62.4 Å². The van der Waals surface area contributed by atoms with Gasteiger partial charge in [-0.15, -0.1) is 0 Å². The molecule has 0 saturated heterocycles. The third kappa shape index (κ3) is 6.85. The average Bonchev–Trinajstić information content (AvgIpc) is 2.82. The van der Waals surface area contributed by atoms with E-state index in [2.05, 4.69) is 26.1 Å². The molecule has 1 unspecified atom stereocenters. The van der Waals surface area contributed by atoms with Crippen LogP contribution in [-0.4, -0.2) is 35.4 Å². The minimum absolute atomic E-state index is 0.0936. The molecule has 1 saturated carbocycles. The molecular weight excluding hydrogens is 424 g/mol. The molecule has 0 radical (unpaired) electrons. The highest BCUT2D eigenvalue weighted by Crippen LogP contribution is 2.31. The number of nitrogens with one attached hydrogen (secondary N) is 1. The highest BCUT2D eigenvalue weighted by atomic mass is 16.5. The van der Waals surface area contributed by atoms with Gasteiger partial charge in [-0.1, -0.05) is 82.5 Å². The van der Waals surface area contributed by atoms with E-state index in [0.717, 1.165) is 42.4 Å². The van der Waals surface area contributed by atoms with Gasteiger partial charge >= 0.3 is 0 Å². The van der Waals surface area contributed by atoms with Crippen LogP contribution in [0.1, 0.15) is 76.5 Å². The Balaban J connectivity index is 1.76. The van der Waals surface area contributed by atoms with E-state index < -0.39 is 6.04 Å². The molecule has 2 aromatic rings. The van der Waals surface area contributed by atoms with Crippen LogP contribution in [0, 0.1) is 6.92 Å². The van der Waals surface area contributed by atoms with Gasteiger partial charge in [0.05, 0.1) is 0 Å². The SMILES string of the molecule is Cc1ccccc1CN(C(=O)COc1ccccc1C(C)(C)C)C(C)C(=O)NC1CCCCC1. The maximum Gasteiger partial charge on any atom is 0.261 e. The van der Waals surface area contributed by atoms with Gasteiger partial charge in [-0.2, -0.15) is 0 Å². The number of nitrogens with zero attached hydrogens (tertiary/aromatic N) is 1. The number of carbonyl (C=O) groups is 2. The first-order valence-electron chi connectivity index (χ1n) is 12.5. The molecule has 0 heterocycles. The van der Waals surface area contributed by atoms with Gasteiger partial charge in [-0.25, -0.2) is 0 Å². The largest absolute Gasteiger partial charge is 0.483 e. The van der Waals surface area contributed by atoms with Crippen molar-refractivity contribution in [2.24, 2.45) is 0 Å². The van der Waals surface area contributed by atoms with Crippen LogP contribution in [0.4, 0.5) is 0 Å². The van der Waals surface area contributed by atoms with Gasteiger partial charge < -0.3 is 15.0 Å². The Morgan fingerprint density at radius 2 is 1.68 bits per heavy atom. The normalized spacial score (nSPS) is 15.4. The number of aryl methyl sites for hydroxylation is 1. The second-order valence-corrected chi connectivity index (χ2v) is 10.5. The molecule has 0 spiro atoms. The zero-order chi connectivity index (χ0) is 24.7. The van der Waals surface area contributed by atoms with Crippen LogP contribution in [0.2, 0.25) is 0 Å². The predicted octanol–water partition coefficient (Wildman–Crippen LogP) is 5.54. The number of rotatable bonds is 8. The average molecular weight is 465 g/mol. The highest BCUT2D eigenvalue weighted by Gasteiger charge is 2.29. The fraction of sp³-hybridized carbons (Fsp3) is 0.517. The molecule has 184 valence electrons. The van der Waals surface area contributed by atoms with Crippen LogP contribution in [0.25, 0.3) is 0 Å². The molecule has 0 bridgehead atoms. The van der Waals surface area contributed by atoms with Crippen molar-refractivity contribution in [3.63, 3.8) is 0 Å². The lowest BCUT2D eigenvalue weighted by Gasteiger charge is -2.31. The molecule has 34 heavy (non-hydrogen) atoms. The van der Waals surface area contributed by atoms with Crippen LogP contribution >= 0.6 is 0 Å². The summed E-state index contributed by atoms with van der Waals surface area (Å²) in [6.07, 6.45) is 5.54. The zero-order valence-corrected chi connectivity index (χ0v) is 21.4. The summed E-state index contributed by atoms with van der Waals surface area (Å²) in [5, 5.41) is 3.18. The second-order valence-electron chi connectivity index (χ2n) is 10.5. The Morgan fingerprint density at radius 1 is 1.03 bits per heavy atom. The minimum atomic E-state index is -0.588. The summed E-state index contributed by atoms with van der Waals surface area (Å²) in [6, 6.07) is 15.4. The number of hydrogen-bond donors (Lipinski definition) is 1. The van der Waals surface area contributed by atoms with E-state index in [1.165, 1.54) is 6.42 Å². The number of ether oxygens (including phenoxy) is 1. The molecule has 1 N–H and O–H groups in total. The monoisotopic (exact) mass is 464 g/mol. The number of carbonyl (C=O) groups excluding carboxylic acids is 2. The summed E-state index contributed by atoms with van der Waals surface area (Å²) >= 11 is 0. The third-order valence-corrected chi connectivity index (χ3v) is 6.77. The third-order valence-electron chi connectivity index (χ3n) is 6.77.